The van der Waals surface area contributed by atoms with E-state index in [1.54, 1.807) is 6.26 Å². The first-order valence-electron chi connectivity index (χ1n) is 5.13. The molecule has 1 atom stereocenters. The Morgan fingerprint density at radius 2 is 2.29 bits per heavy atom. The van der Waals surface area contributed by atoms with E-state index in [1.807, 2.05) is 31.5 Å². The van der Waals surface area contributed by atoms with Gasteiger partial charge in [0.15, 0.2) is 11.0 Å². The second kappa shape index (κ2) is 4.63. The Morgan fingerprint density at radius 3 is 2.88 bits per heavy atom. The molecular formula is C11H12N4OS. The lowest BCUT2D eigenvalue weighted by atomic mass is 10.2. The minimum absolute atomic E-state index is 0.142. The number of aryl methyl sites for hydroxylation is 1. The summed E-state index contributed by atoms with van der Waals surface area (Å²) >= 11 is 1.39. The van der Waals surface area contributed by atoms with Crippen LogP contribution in [0, 0.1) is 18.3 Å². The summed E-state index contributed by atoms with van der Waals surface area (Å²) in [5.74, 6) is 1.56. The van der Waals surface area contributed by atoms with Crippen molar-refractivity contribution in [3.63, 3.8) is 0 Å². The van der Waals surface area contributed by atoms with Gasteiger partial charge in [0.25, 0.3) is 0 Å². The molecule has 0 fully saturated rings. The van der Waals surface area contributed by atoms with E-state index < -0.39 is 0 Å². The maximum Gasteiger partial charge on any atom is 0.192 e. The number of rotatable bonds is 3. The van der Waals surface area contributed by atoms with Crippen LogP contribution in [-0.2, 0) is 7.05 Å². The van der Waals surface area contributed by atoms with E-state index in [0.29, 0.717) is 0 Å². The fourth-order valence-electron chi connectivity index (χ4n) is 1.45. The summed E-state index contributed by atoms with van der Waals surface area (Å²) in [5.41, 5.74) is 0.927. The number of aromatic nitrogens is 3. The molecule has 5 nitrogen and oxygen atoms in total. The first-order valence-corrected chi connectivity index (χ1v) is 6.01. The Kier molecular flexibility index (Phi) is 3.20. The molecule has 0 saturated heterocycles. The molecular weight excluding hydrogens is 236 g/mol. The molecule has 0 saturated carbocycles. The largest absolute Gasteiger partial charge is 0.469 e. The van der Waals surface area contributed by atoms with Crippen molar-refractivity contribution < 1.29 is 4.42 Å². The summed E-state index contributed by atoms with van der Waals surface area (Å²) in [6, 6.07) is 4.02. The lowest BCUT2D eigenvalue weighted by Crippen LogP contribution is -1.98. The highest BCUT2D eigenvalue weighted by atomic mass is 32.2. The Morgan fingerprint density at radius 1 is 1.53 bits per heavy atom. The van der Waals surface area contributed by atoms with Gasteiger partial charge in [-0.1, -0.05) is 11.8 Å². The molecule has 2 rings (SSSR count). The number of hydrogen-bond donors (Lipinski definition) is 0. The molecule has 2 aromatic heterocycles. The number of furan rings is 1. The molecule has 0 N–H and O–H groups in total. The van der Waals surface area contributed by atoms with E-state index in [1.165, 1.54) is 11.8 Å². The van der Waals surface area contributed by atoms with Gasteiger partial charge in [0.2, 0.25) is 0 Å². The van der Waals surface area contributed by atoms with Crippen molar-refractivity contribution in [3.8, 4) is 17.5 Å². The molecule has 0 aromatic carbocycles. The highest BCUT2D eigenvalue weighted by Gasteiger charge is 2.16. The zero-order valence-electron chi connectivity index (χ0n) is 9.84. The molecule has 0 spiro atoms. The Hall–Kier alpha value is -1.74. The Bertz CT molecular complexity index is 566. The monoisotopic (exact) mass is 248 g/mol. The van der Waals surface area contributed by atoms with Crippen molar-refractivity contribution in [3.05, 3.63) is 18.1 Å². The van der Waals surface area contributed by atoms with Crippen LogP contribution in [0.4, 0.5) is 0 Å². The molecule has 88 valence electrons. The Labute approximate surface area is 103 Å². The van der Waals surface area contributed by atoms with E-state index in [-0.39, 0.29) is 5.25 Å². The van der Waals surface area contributed by atoms with Gasteiger partial charge in [-0.05, 0) is 19.9 Å². The van der Waals surface area contributed by atoms with Gasteiger partial charge in [0.05, 0.1) is 23.1 Å². The summed E-state index contributed by atoms with van der Waals surface area (Å²) in [7, 11) is 1.88. The van der Waals surface area contributed by atoms with Crippen LogP contribution in [0.1, 0.15) is 12.7 Å². The molecule has 2 heterocycles. The maximum absolute atomic E-state index is 8.78. The van der Waals surface area contributed by atoms with Gasteiger partial charge in [0.1, 0.15) is 5.76 Å². The highest BCUT2D eigenvalue weighted by molar-refractivity contribution is 8.00. The van der Waals surface area contributed by atoms with Crippen LogP contribution < -0.4 is 0 Å². The van der Waals surface area contributed by atoms with E-state index in [4.69, 9.17) is 9.68 Å². The van der Waals surface area contributed by atoms with Crippen LogP contribution in [0.5, 0.6) is 0 Å². The molecule has 0 aliphatic rings. The predicted molar refractivity (Wildman–Crippen MR) is 64.4 cm³/mol. The standard InChI is InChI=1S/C11H12N4OS/c1-7(6-12)17-11-14-13-10(15(11)3)9-4-5-16-8(9)2/h4-5,7H,1-3H3. The average molecular weight is 248 g/mol. The van der Waals surface area contributed by atoms with E-state index in [9.17, 15) is 0 Å². The second-order valence-corrected chi connectivity index (χ2v) is 4.95. The minimum Gasteiger partial charge on any atom is -0.469 e. The van der Waals surface area contributed by atoms with Crippen molar-refractivity contribution in [1.29, 1.82) is 5.26 Å². The third kappa shape index (κ3) is 2.19. The quantitative estimate of drug-likeness (QED) is 0.780. The summed E-state index contributed by atoms with van der Waals surface area (Å²) in [4.78, 5) is 0. The normalized spacial score (nSPS) is 12.4. The first kappa shape index (κ1) is 11.7. The van der Waals surface area contributed by atoms with Crippen LogP contribution in [0.2, 0.25) is 0 Å². The Balaban J connectivity index is 2.34. The van der Waals surface area contributed by atoms with Crippen molar-refractivity contribution >= 4 is 11.8 Å². The topological polar surface area (TPSA) is 67.6 Å². The molecule has 1 unspecified atom stereocenters. The molecule has 17 heavy (non-hydrogen) atoms. The van der Waals surface area contributed by atoms with Crippen LogP contribution in [0.3, 0.4) is 0 Å². The highest BCUT2D eigenvalue weighted by Crippen LogP contribution is 2.27. The fraction of sp³-hybridized carbons (Fsp3) is 0.364. The van der Waals surface area contributed by atoms with Gasteiger partial charge in [-0.25, -0.2) is 0 Å². The zero-order valence-corrected chi connectivity index (χ0v) is 10.7. The van der Waals surface area contributed by atoms with Crippen molar-refractivity contribution in [2.24, 2.45) is 7.05 Å². The summed E-state index contributed by atoms with van der Waals surface area (Å²) in [6.45, 7) is 3.72. The second-order valence-electron chi connectivity index (χ2n) is 3.64. The number of nitriles is 1. The van der Waals surface area contributed by atoms with Gasteiger partial charge < -0.3 is 8.98 Å². The van der Waals surface area contributed by atoms with E-state index in [0.717, 1.165) is 22.3 Å². The molecule has 0 bridgehead atoms. The average Bonchev–Trinajstić information content (AvgIpc) is 2.87. The molecule has 2 aromatic rings. The van der Waals surface area contributed by atoms with Crippen molar-refractivity contribution in [2.45, 2.75) is 24.3 Å². The van der Waals surface area contributed by atoms with Crippen LogP contribution >= 0.6 is 11.8 Å². The van der Waals surface area contributed by atoms with E-state index in [2.05, 4.69) is 16.3 Å². The predicted octanol–water partition coefficient (Wildman–Crippen LogP) is 2.39. The summed E-state index contributed by atoms with van der Waals surface area (Å²) in [5, 5.41) is 17.6. The van der Waals surface area contributed by atoms with Gasteiger partial charge >= 0.3 is 0 Å². The van der Waals surface area contributed by atoms with Gasteiger partial charge in [0, 0.05) is 7.05 Å². The maximum atomic E-state index is 8.78. The van der Waals surface area contributed by atoms with Gasteiger partial charge in [-0.3, -0.25) is 0 Å². The van der Waals surface area contributed by atoms with Gasteiger partial charge in [-0.15, -0.1) is 10.2 Å². The third-order valence-electron chi connectivity index (χ3n) is 2.40. The molecule has 0 aliphatic heterocycles. The number of nitrogens with zero attached hydrogens (tertiary/aromatic N) is 4. The molecule has 0 aliphatic carbocycles. The minimum atomic E-state index is -0.142. The zero-order chi connectivity index (χ0) is 12.4. The molecule has 0 amide bonds. The SMILES string of the molecule is Cc1occc1-c1nnc(SC(C)C#N)n1C. The van der Waals surface area contributed by atoms with Crippen molar-refractivity contribution in [1.82, 2.24) is 14.8 Å². The molecule has 6 heteroatoms. The summed E-state index contributed by atoms with van der Waals surface area (Å²) < 4.78 is 7.12. The number of hydrogen-bond acceptors (Lipinski definition) is 5. The lowest BCUT2D eigenvalue weighted by molar-refractivity contribution is 0.534. The molecule has 0 radical (unpaired) electrons. The number of thioether (sulfide) groups is 1. The van der Waals surface area contributed by atoms with Crippen molar-refractivity contribution in [2.75, 3.05) is 0 Å². The third-order valence-corrected chi connectivity index (χ3v) is 3.42. The smallest absolute Gasteiger partial charge is 0.192 e. The van der Waals surface area contributed by atoms with Crippen LogP contribution in [0.15, 0.2) is 21.9 Å². The van der Waals surface area contributed by atoms with Crippen LogP contribution in [0.25, 0.3) is 11.4 Å². The lowest BCUT2D eigenvalue weighted by Gasteiger charge is -2.03. The van der Waals surface area contributed by atoms with Crippen LogP contribution in [-0.4, -0.2) is 20.0 Å². The van der Waals surface area contributed by atoms with E-state index >= 15 is 0 Å². The summed E-state index contributed by atoms with van der Waals surface area (Å²) in [6.07, 6.45) is 1.63. The first-order chi connectivity index (χ1) is 8.13. The fourth-order valence-corrected chi connectivity index (χ4v) is 2.15. The van der Waals surface area contributed by atoms with Gasteiger partial charge in [-0.2, -0.15) is 5.26 Å².